The summed E-state index contributed by atoms with van der Waals surface area (Å²) in [6.07, 6.45) is 11.1. The van der Waals surface area contributed by atoms with Gasteiger partial charge in [0.1, 0.15) is 0 Å². The zero-order valence-corrected chi connectivity index (χ0v) is 24.7. The van der Waals surface area contributed by atoms with Crippen LogP contribution >= 0.6 is 0 Å². The van der Waals surface area contributed by atoms with Crippen molar-refractivity contribution in [1.29, 1.82) is 0 Å². The molecule has 1 saturated carbocycles. The highest BCUT2D eigenvalue weighted by Crippen LogP contribution is 2.57. The van der Waals surface area contributed by atoms with Gasteiger partial charge in [0.15, 0.2) is 0 Å². The molecule has 0 aromatic heterocycles. The number of rotatable bonds is 2. The molecule has 5 aromatic carbocycles. The van der Waals surface area contributed by atoms with Gasteiger partial charge in [-0.25, -0.2) is 0 Å². The largest absolute Gasteiger partial charge is 0.0805 e. The highest BCUT2D eigenvalue weighted by atomic mass is 14.5. The Labute approximate surface area is 244 Å². The van der Waals surface area contributed by atoms with E-state index in [4.69, 9.17) is 0 Å². The Morgan fingerprint density at radius 3 is 1.95 bits per heavy atom. The highest BCUT2D eigenvalue weighted by molar-refractivity contribution is 6.19. The third-order valence-corrected chi connectivity index (χ3v) is 10.9. The summed E-state index contributed by atoms with van der Waals surface area (Å²) in [4.78, 5) is 0. The minimum Gasteiger partial charge on any atom is -0.0805 e. The summed E-state index contributed by atoms with van der Waals surface area (Å²) in [5.74, 6) is 1.36. The van der Waals surface area contributed by atoms with Gasteiger partial charge in [0, 0.05) is 5.41 Å². The van der Waals surface area contributed by atoms with Gasteiger partial charge in [-0.2, -0.15) is 0 Å². The summed E-state index contributed by atoms with van der Waals surface area (Å²) >= 11 is 0. The van der Waals surface area contributed by atoms with E-state index in [0.29, 0.717) is 5.92 Å². The lowest BCUT2D eigenvalue weighted by Gasteiger charge is -2.47. The van der Waals surface area contributed by atoms with Crippen LogP contribution in [-0.2, 0) is 5.41 Å². The predicted octanol–water partition coefficient (Wildman–Crippen LogP) is 11.4. The van der Waals surface area contributed by atoms with E-state index in [-0.39, 0.29) is 10.8 Å². The molecule has 0 heterocycles. The Bertz CT molecular complexity index is 1870. The zero-order chi connectivity index (χ0) is 27.9. The lowest BCUT2D eigenvalue weighted by Crippen LogP contribution is -2.35. The van der Waals surface area contributed by atoms with Crippen molar-refractivity contribution < 1.29 is 0 Å². The molecule has 5 aromatic rings. The normalized spacial score (nSPS) is 24.1. The van der Waals surface area contributed by atoms with Crippen LogP contribution < -0.4 is 0 Å². The van der Waals surface area contributed by atoms with Crippen molar-refractivity contribution in [3.63, 3.8) is 0 Å². The number of hydrogen-bond acceptors (Lipinski definition) is 0. The first-order chi connectivity index (χ1) is 19.9. The maximum absolute atomic E-state index is 2.54. The van der Waals surface area contributed by atoms with E-state index in [9.17, 15) is 0 Å². The second kappa shape index (κ2) is 8.80. The van der Waals surface area contributed by atoms with Gasteiger partial charge >= 0.3 is 0 Å². The van der Waals surface area contributed by atoms with Crippen molar-refractivity contribution >= 4 is 27.1 Å². The molecule has 202 valence electrons. The summed E-state index contributed by atoms with van der Waals surface area (Å²) in [5.41, 5.74) is 11.4. The Morgan fingerprint density at radius 2 is 1.24 bits per heavy atom. The van der Waals surface area contributed by atoms with Gasteiger partial charge in [-0.1, -0.05) is 137 Å². The van der Waals surface area contributed by atoms with E-state index < -0.39 is 0 Å². The summed E-state index contributed by atoms with van der Waals surface area (Å²) in [7, 11) is 0. The van der Waals surface area contributed by atoms with E-state index in [2.05, 4.69) is 137 Å². The Morgan fingerprint density at radius 1 is 0.634 bits per heavy atom. The van der Waals surface area contributed by atoms with Crippen LogP contribution in [0.15, 0.2) is 109 Å². The van der Waals surface area contributed by atoms with Crippen LogP contribution in [0.5, 0.6) is 0 Å². The van der Waals surface area contributed by atoms with E-state index in [1.54, 1.807) is 0 Å². The average Bonchev–Trinajstić information content (AvgIpc) is 3.21. The molecule has 3 aliphatic carbocycles. The Hall–Kier alpha value is -3.90. The zero-order valence-electron chi connectivity index (χ0n) is 24.7. The molecule has 0 heteroatoms. The Balaban J connectivity index is 1.41. The van der Waals surface area contributed by atoms with Crippen molar-refractivity contribution in [1.82, 2.24) is 0 Å². The molecule has 3 unspecified atom stereocenters. The van der Waals surface area contributed by atoms with E-state index >= 15 is 0 Å². The quantitative estimate of drug-likeness (QED) is 0.199. The van der Waals surface area contributed by atoms with Gasteiger partial charge < -0.3 is 0 Å². The summed E-state index contributed by atoms with van der Waals surface area (Å²) in [5, 5.41) is 5.47. The third-order valence-electron chi connectivity index (χ3n) is 10.9. The van der Waals surface area contributed by atoms with Crippen LogP contribution in [0.25, 0.3) is 49.4 Å². The minimum atomic E-state index is -0.0198. The fourth-order valence-corrected chi connectivity index (χ4v) is 8.81. The standard InChI is InChI=1S/C41H38/c1-26-20-22-28-12-11-19-36(41(28,4)25-26)39-33-16-7-5-14-31(33)38(32-15-6-8-17-34(32)39)27-21-23-30-29-13-9-10-18-35(29)40(2,3)37(30)24-27/h5-19,21,23-24,26,28H,20,22,25H2,1-4H3. The molecule has 0 amide bonds. The predicted molar refractivity (Wildman–Crippen MR) is 176 cm³/mol. The van der Waals surface area contributed by atoms with Gasteiger partial charge in [-0.3, -0.25) is 0 Å². The number of fused-ring (bicyclic) bond motifs is 6. The van der Waals surface area contributed by atoms with Crippen LogP contribution in [0.1, 0.15) is 63.6 Å². The van der Waals surface area contributed by atoms with Crippen molar-refractivity contribution in [3.8, 4) is 22.3 Å². The lowest BCUT2D eigenvalue weighted by atomic mass is 9.57. The van der Waals surface area contributed by atoms with Gasteiger partial charge in [0.2, 0.25) is 0 Å². The van der Waals surface area contributed by atoms with Crippen LogP contribution in [-0.4, -0.2) is 0 Å². The molecule has 0 aliphatic heterocycles. The fraction of sp³-hybridized carbons (Fsp3) is 0.268. The number of hydrogen-bond donors (Lipinski definition) is 0. The van der Waals surface area contributed by atoms with Crippen molar-refractivity contribution in [2.24, 2.45) is 17.3 Å². The first-order valence-corrected chi connectivity index (χ1v) is 15.5. The molecule has 0 N–H and O–H groups in total. The second-order valence-corrected chi connectivity index (χ2v) is 13.6. The van der Waals surface area contributed by atoms with Crippen molar-refractivity contribution in [2.45, 2.75) is 52.4 Å². The van der Waals surface area contributed by atoms with Crippen LogP contribution in [0, 0.1) is 17.3 Å². The first-order valence-electron chi connectivity index (χ1n) is 15.5. The molecule has 0 radical (unpaired) electrons. The molecule has 8 rings (SSSR count). The maximum atomic E-state index is 2.54. The smallest absolute Gasteiger partial charge is 0.0159 e. The summed E-state index contributed by atoms with van der Waals surface area (Å²) in [6, 6.07) is 34.5. The lowest BCUT2D eigenvalue weighted by molar-refractivity contribution is 0.175. The summed E-state index contributed by atoms with van der Waals surface area (Å²) < 4.78 is 0. The molecule has 0 saturated heterocycles. The number of benzene rings is 5. The number of allylic oxidation sites excluding steroid dienone is 4. The van der Waals surface area contributed by atoms with E-state index in [1.165, 1.54) is 85.3 Å². The first kappa shape index (κ1) is 24.9. The molecular formula is C41H38. The van der Waals surface area contributed by atoms with E-state index in [1.807, 2.05) is 0 Å². The molecule has 0 nitrogen and oxygen atoms in total. The van der Waals surface area contributed by atoms with Crippen LogP contribution in [0.4, 0.5) is 0 Å². The molecule has 3 aliphatic rings. The van der Waals surface area contributed by atoms with Crippen molar-refractivity contribution in [2.75, 3.05) is 0 Å². The SMILES string of the molecule is CC1CCC2C=CC=C(c3c4ccccc4c(-c4ccc5c(c4)C(C)(C)c4ccccc4-5)c4ccccc34)C2(C)C1. The second-order valence-electron chi connectivity index (χ2n) is 13.6. The maximum Gasteiger partial charge on any atom is 0.0159 e. The molecular weight excluding hydrogens is 492 g/mol. The van der Waals surface area contributed by atoms with E-state index in [0.717, 1.165) is 5.92 Å². The topological polar surface area (TPSA) is 0 Å². The minimum absolute atomic E-state index is 0.0198. The van der Waals surface area contributed by atoms with Crippen LogP contribution in [0.2, 0.25) is 0 Å². The van der Waals surface area contributed by atoms with Gasteiger partial charge in [0.05, 0.1) is 0 Å². The van der Waals surface area contributed by atoms with Gasteiger partial charge in [0.25, 0.3) is 0 Å². The molecule has 0 spiro atoms. The van der Waals surface area contributed by atoms with Crippen LogP contribution in [0.3, 0.4) is 0 Å². The monoisotopic (exact) mass is 530 g/mol. The Kier molecular flexibility index (Phi) is 5.33. The van der Waals surface area contributed by atoms with Crippen molar-refractivity contribution in [3.05, 3.63) is 126 Å². The van der Waals surface area contributed by atoms with Gasteiger partial charge in [-0.05, 0) is 102 Å². The molecule has 1 fully saturated rings. The molecule has 3 atom stereocenters. The highest BCUT2D eigenvalue weighted by Gasteiger charge is 2.43. The summed E-state index contributed by atoms with van der Waals surface area (Å²) in [6.45, 7) is 9.75. The average molecular weight is 531 g/mol. The van der Waals surface area contributed by atoms with Gasteiger partial charge in [-0.15, -0.1) is 0 Å². The molecule has 0 bridgehead atoms. The third kappa shape index (κ3) is 3.46. The fourth-order valence-electron chi connectivity index (χ4n) is 8.81. The molecule has 41 heavy (non-hydrogen) atoms.